The summed E-state index contributed by atoms with van der Waals surface area (Å²) in [5.41, 5.74) is 0.813. The van der Waals surface area contributed by atoms with E-state index in [1.807, 2.05) is 0 Å². The second-order valence-corrected chi connectivity index (χ2v) is 7.67. The Morgan fingerprint density at radius 3 is 2.50 bits per heavy atom. The summed E-state index contributed by atoms with van der Waals surface area (Å²) in [6, 6.07) is 0. The minimum absolute atomic E-state index is 0.0192. The van der Waals surface area contributed by atoms with Gasteiger partial charge in [-0.15, -0.1) is 0 Å². The van der Waals surface area contributed by atoms with E-state index in [0.29, 0.717) is 11.3 Å². The Bertz CT molecular complexity index is 311. The zero-order valence-corrected chi connectivity index (χ0v) is 11.2. The first-order valence-electron chi connectivity index (χ1n) is 7.06. The molecule has 1 nitrogen and oxygen atoms in total. The molecule has 16 heavy (non-hydrogen) atoms. The maximum Gasteiger partial charge on any atom is 0.0627 e. The summed E-state index contributed by atoms with van der Waals surface area (Å²) in [5, 5.41) is 10.7. The SMILES string of the molecule is CC(C)[C@@H]1C[C@@H]2[C@@]3(C)CC[C@]2(C)[C@@H](O)[C@@H]1C3. The van der Waals surface area contributed by atoms with E-state index in [1.165, 1.54) is 25.7 Å². The van der Waals surface area contributed by atoms with E-state index in [4.69, 9.17) is 0 Å². The molecule has 0 aromatic rings. The van der Waals surface area contributed by atoms with Crippen molar-refractivity contribution in [1.82, 2.24) is 0 Å². The highest BCUT2D eigenvalue weighted by Crippen LogP contribution is 2.70. The Hall–Kier alpha value is -0.0400. The van der Waals surface area contributed by atoms with Crippen molar-refractivity contribution in [2.24, 2.45) is 34.5 Å². The average molecular weight is 222 g/mol. The maximum absolute atomic E-state index is 10.7. The van der Waals surface area contributed by atoms with Crippen LogP contribution in [-0.2, 0) is 0 Å². The third kappa shape index (κ3) is 1.11. The fourth-order valence-corrected chi connectivity index (χ4v) is 5.59. The van der Waals surface area contributed by atoms with Crippen LogP contribution < -0.4 is 0 Å². The van der Waals surface area contributed by atoms with Crippen molar-refractivity contribution in [3.05, 3.63) is 0 Å². The standard InChI is InChI=1S/C15H26O/c1-9(2)10-7-12-14(3)5-6-15(12,4)13(16)11(10)8-14/h9-13,16H,5-8H2,1-4H3/t10-,11+,12+,13-,14-,15-/m0/s1. The van der Waals surface area contributed by atoms with Crippen LogP contribution in [0, 0.1) is 34.5 Å². The van der Waals surface area contributed by atoms with Crippen molar-refractivity contribution in [2.75, 3.05) is 0 Å². The molecular formula is C15H26O. The number of rotatable bonds is 1. The second kappa shape index (κ2) is 3.04. The zero-order chi connectivity index (χ0) is 11.7. The predicted octanol–water partition coefficient (Wildman–Crippen LogP) is 3.47. The lowest BCUT2D eigenvalue weighted by atomic mass is 9.46. The van der Waals surface area contributed by atoms with Crippen LogP contribution in [0.4, 0.5) is 0 Å². The number of hydrogen-bond donors (Lipinski definition) is 1. The van der Waals surface area contributed by atoms with Crippen LogP contribution in [0.3, 0.4) is 0 Å². The molecule has 0 amide bonds. The Morgan fingerprint density at radius 2 is 1.88 bits per heavy atom. The molecule has 0 aromatic carbocycles. The molecule has 0 radical (unpaired) electrons. The summed E-state index contributed by atoms with van der Waals surface area (Å²) in [5.74, 6) is 2.89. The second-order valence-electron chi connectivity index (χ2n) is 7.67. The van der Waals surface area contributed by atoms with E-state index in [2.05, 4.69) is 27.7 Å². The smallest absolute Gasteiger partial charge is 0.0627 e. The third-order valence-electron chi connectivity index (χ3n) is 6.57. The van der Waals surface area contributed by atoms with Gasteiger partial charge >= 0.3 is 0 Å². The molecule has 0 aliphatic heterocycles. The van der Waals surface area contributed by atoms with Gasteiger partial charge in [-0.2, -0.15) is 0 Å². The number of hydrogen-bond acceptors (Lipinski definition) is 1. The van der Waals surface area contributed by atoms with Gasteiger partial charge in [-0.3, -0.25) is 0 Å². The van der Waals surface area contributed by atoms with Crippen molar-refractivity contribution in [1.29, 1.82) is 0 Å². The molecule has 92 valence electrons. The molecule has 4 aliphatic rings. The van der Waals surface area contributed by atoms with Crippen molar-refractivity contribution >= 4 is 0 Å². The molecule has 4 aliphatic carbocycles. The highest BCUT2D eigenvalue weighted by Gasteiger charge is 2.66. The number of aliphatic hydroxyl groups is 1. The molecule has 4 rings (SSSR count). The van der Waals surface area contributed by atoms with Crippen LogP contribution in [0.15, 0.2) is 0 Å². The average Bonchev–Trinajstić information content (AvgIpc) is 2.44. The topological polar surface area (TPSA) is 20.2 Å². The van der Waals surface area contributed by atoms with Crippen molar-refractivity contribution in [3.8, 4) is 0 Å². The molecule has 0 saturated heterocycles. The van der Waals surface area contributed by atoms with E-state index in [0.717, 1.165) is 17.8 Å². The van der Waals surface area contributed by atoms with Gasteiger partial charge < -0.3 is 5.11 Å². The summed E-state index contributed by atoms with van der Waals surface area (Å²) < 4.78 is 0. The Morgan fingerprint density at radius 1 is 1.19 bits per heavy atom. The Balaban J connectivity index is 1.99. The van der Waals surface area contributed by atoms with Crippen LogP contribution in [0.2, 0.25) is 0 Å². The molecule has 1 N–H and O–H groups in total. The van der Waals surface area contributed by atoms with E-state index in [9.17, 15) is 5.11 Å². The van der Waals surface area contributed by atoms with Crippen LogP contribution >= 0.6 is 0 Å². The fourth-order valence-electron chi connectivity index (χ4n) is 5.59. The van der Waals surface area contributed by atoms with Gasteiger partial charge in [0.15, 0.2) is 0 Å². The Kier molecular flexibility index (Phi) is 2.11. The molecule has 6 atom stereocenters. The minimum Gasteiger partial charge on any atom is -0.392 e. The van der Waals surface area contributed by atoms with Gasteiger partial charge in [0.1, 0.15) is 0 Å². The van der Waals surface area contributed by atoms with Gasteiger partial charge in [0.25, 0.3) is 0 Å². The summed E-state index contributed by atoms with van der Waals surface area (Å²) in [4.78, 5) is 0. The third-order valence-corrected chi connectivity index (χ3v) is 6.57. The van der Waals surface area contributed by atoms with Crippen LogP contribution in [0.1, 0.15) is 53.4 Å². The zero-order valence-electron chi connectivity index (χ0n) is 11.2. The molecule has 0 unspecified atom stereocenters. The lowest BCUT2D eigenvalue weighted by Gasteiger charge is -2.60. The predicted molar refractivity (Wildman–Crippen MR) is 66.0 cm³/mol. The number of aliphatic hydroxyl groups excluding tert-OH is 1. The van der Waals surface area contributed by atoms with Gasteiger partial charge in [-0.25, -0.2) is 0 Å². The summed E-state index contributed by atoms with van der Waals surface area (Å²) >= 11 is 0. The van der Waals surface area contributed by atoms with E-state index in [-0.39, 0.29) is 11.5 Å². The van der Waals surface area contributed by atoms with Gasteiger partial charge in [-0.05, 0) is 60.2 Å². The van der Waals surface area contributed by atoms with Crippen LogP contribution in [-0.4, -0.2) is 11.2 Å². The van der Waals surface area contributed by atoms with Crippen molar-refractivity contribution < 1.29 is 5.11 Å². The van der Waals surface area contributed by atoms with Gasteiger partial charge in [0, 0.05) is 0 Å². The molecule has 0 spiro atoms. The van der Waals surface area contributed by atoms with Crippen LogP contribution in [0.5, 0.6) is 0 Å². The first-order valence-corrected chi connectivity index (χ1v) is 7.06. The van der Waals surface area contributed by atoms with Gasteiger partial charge in [0.2, 0.25) is 0 Å². The fraction of sp³-hybridized carbons (Fsp3) is 1.00. The molecule has 1 heteroatoms. The largest absolute Gasteiger partial charge is 0.392 e. The minimum atomic E-state index is -0.0192. The lowest BCUT2D eigenvalue weighted by molar-refractivity contribution is -0.171. The van der Waals surface area contributed by atoms with Crippen molar-refractivity contribution in [3.63, 3.8) is 0 Å². The molecule has 4 saturated carbocycles. The first kappa shape index (κ1) is 11.1. The van der Waals surface area contributed by atoms with Crippen LogP contribution in [0.25, 0.3) is 0 Å². The highest BCUT2D eigenvalue weighted by molar-refractivity contribution is 5.15. The number of fused-ring (bicyclic) bond motifs is 1. The maximum atomic E-state index is 10.7. The lowest BCUT2D eigenvalue weighted by Crippen LogP contribution is -2.58. The highest BCUT2D eigenvalue weighted by atomic mass is 16.3. The Labute approximate surface area is 99.6 Å². The van der Waals surface area contributed by atoms with Crippen molar-refractivity contribution in [2.45, 2.75) is 59.5 Å². The van der Waals surface area contributed by atoms with Gasteiger partial charge in [0.05, 0.1) is 6.10 Å². The summed E-state index contributed by atoms with van der Waals surface area (Å²) in [7, 11) is 0. The quantitative estimate of drug-likeness (QED) is 0.720. The van der Waals surface area contributed by atoms with Gasteiger partial charge in [-0.1, -0.05) is 27.7 Å². The molecule has 0 aromatic heterocycles. The summed E-state index contributed by atoms with van der Waals surface area (Å²) in [6.45, 7) is 9.52. The summed E-state index contributed by atoms with van der Waals surface area (Å²) in [6.07, 6.45) is 5.27. The molecule has 0 heterocycles. The molecule has 4 fully saturated rings. The van der Waals surface area contributed by atoms with E-state index < -0.39 is 0 Å². The first-order chi connectivity index (χ1) is 7.38. The normalized spacial score (nSPS) is 59.6. The molecular weight excluding hydrogens is 196 g/mol. The van der Waals surface area contributed by atoms with E-state index >= 15 is 0 Å². The van der Waals surface area contributed by atoms with E-state index in [1.54, 1.807) is 0 Å². The molecule has 4 bridgehead atoms. The monoisotopic (exact) mass is 222 g/mol.